The molecule has 0 radical (unpaired) electrons. The maximum atomic E-state index is 12.4. The maximum absolute atomic E-state index is 12.4. The van der Waals surface area contributed by atoms with E-state index in [0.29, 0.717) is 23.1 Å². The quantitative estimate of drug-likeness (QED) is 0.818. The van der Waals surface area contributed by atoms with Gasteiger partial charge in [-0.05, 0) is 18.8 Å². The summed E-state index contributed by atoms with van der Waals surface area (Å²) in [5.74, 6) is 0.375. The number of aliphatic hydroxyl groups excluding tert-OH is 1. The van der Waals surface area contributed by atoms with Gasteiger partial charge < -0.3 is 5.11 Å². The van der Waals surface area contributed by atoms with E-state index in [4.69, 9.17) is 5.11 Å². The fraction of sp³-hybridized carbons (Fsp3) is 1.00. The average molecular weight is 304 g/mol. The highest BCUT2D eigenvalue weighted by molar-refractivity contribution is 7.86. The summed E-state index contributed by atoms with van der Waals surface area (Å²) in [6.07, 6.45) is -3.35. The van der Waals surface area contributed by atoms with E-state index < -0.39 is 36.1 Å². The number of rotatable bonds is 5. The van der Waals surface area contributed by atoms with Crippen molar-refractivity contribution >= 4 is 10.2 Å². The van der Waals surface area contributed by atoms with E-state index in [9.17, 15) is 21.6 Å². The van der Waals surface area contributed by atoms with Gasteiger partial charge in [0, 0.05) is 19.6 Å². The van der Waals surface area contributed by atoms with Crippen molar-refractivity contribution < 1.29 is 26.7 Å². The van der Waals surface area contributed by atoms with Gasteiger partial charge in [-0.25, -0.2) is 0 Å². The largest absolute Gasteiger partial charge is 0.402 e. The van der Waals surface area contributed by atoms with E-state index in [0.717, 1.165) is 4.31 Å². The van der Waals surface area contributed by atoms with Gasteiger partial charge in [-0.2, -0.15) is 30.2 Å². The average Bonchev–Trinajstić information content (AvgIpc) is 2.27. The summed E-state index contributed by atoms with van der Waals surface area (Å²) in [6, 6.07) is 0. The van der Waals surface area contributed by atoms with Crippen molar-refractivity contribution in [2.75, 3.05) is 32.8 Å². The molecule has 114 valence electrons. The molecule has 0 amide bonds. The summed E-state index contributed by atoms with van der Waals surface area (Å²) in [7, 11) is -4.16. The first-order valence-electron chi connectivity index (χ1n) is 6.09. The summed E-state index contributed by atoms with van der Waals surface area (Å²) < 4.78 is 62.7. The summed E-state index contributed by atoms with van der Waals surface area (Å²) in [4.78, 5) is 0. The lowest BCUT2D eigenvalue weighted by atomic mass is 10.0. The van der Waals surface area contributed by atoms with Crippen LogP contribution in [0.2, 0.25) is 0 Å². The van der Waals surface area contributed by atoms with Crippen LogP contribution in [0.4, 0.5) is 13.2 Å². The lowest BCUT2D eigenvalue weighted by Gasteiger charge is -2.34. The molecule has 0 aliphatic carbocycles. The Bertz CT molecular complexity index is 378. The zero-order valence-electron chi connectivity index (χ0n) is 10.7. The Balaban J connectivity index is 2.81. The number of piperidine rings is 1. The van der Waals surface area contributed by atoms with Crippen molar-refractivity contribution in [1.29, 1.82) is 0 Å². The predicted octanol–water partition coefficient (Wildman–Crippen LogP) is 0.820. The van der Waals surface area contributed by atoms with Crippen LogP contribution >= 0.6 is 0 Å². The van der Waals surface area contributed by atoms with E-state index in [1.165, 1.54) is 0 Å². The van der Waals surface area contributed by atoms with Gasteiger partial charge in [0.1, 0.15) is 6.54 Å². The third-order valence-electron chi connectivity index (χ3n) is 3.10. The molecule has 1 aliphatic heterocycles. The molecule has 5 nitrogen and oxygen atoms in total. The highest BCUT2D eigenvalue weighted by Gasteiger charge is 2.39. The molecule has 1 heterocycles. The van der Waals surface area contributed by atoms with Crippen LogP contribution in [0.5, 0.6) is 0 Å². The molecule has 0 saturated carbocycles. The Morgan fingerprint density at radius 3 is 2.26 bits per heavy atom. The van der Waals surface area contributed by atoms with Crippen LogP contribution in [0, 0.1) is 5.92 Å². The van der Waals surface area contributed by atoms with Crippen molar-refractivity contribution in [3.63, 3.8) is 0 Å². The molecule has 1 fully saturated rings. The summed E-state index contributed by atoms with van der Waals surface area (Å²) in [6.45, 7) is -0.326. The van der Waals surface area contributed by atoms with E-state index in [1.807, 2.05) is 6.92 Å². The number of hydrogen-bond acceptors (Lipinski definition) is 3. The molecule has 0 bridgehead atoms. The normalized spacial score (nSPS) is 20.1. The molecule has 9 heteroatoms. The number of alkyl halides is 3. The molecule has 1 saturated heterocycles. The van der Waals surface area contributed by atoms with Gasteiger partial charge in [-0.15, -0.1) is 0 Å². The molecule has 1 aliphatic rings. The van der Waals surface area contributed by atoms with Gasteiger partial charge in [0.25, 0.3) is 10.2 Å². The highest BCUT2D eigenvalue weighted by atomic mass is 32.2. The second kappa shape index (κ2) is 6.38. The Morgan fingerprint density at radius 1 is 1.32 bits per heavy atom. The van der Waals surface area contributed by atoms with Crippen LogP contribution in [0.25, 0.3) is 0 Å². The van der Waals surface area contributed by atoms with E-state index in [2.05, 4.69) is 0 Å². The third kappa shape index (κ3) is 4.90. The number of aliphatic hydroxyl groups is 1. The second-order valence-corrected chi connectivity index (χ2v) is 6.69. The van der Waals surface area contributed by atoms with Crippen LogP contribution in [0.3, 0.4) is 0 Å². The molecule has 0 aromatic heterocycles. The Morgan fingerprint density at radius 2 is 1.84 bits per heavy atom. The fourth-order valence-corrected chi connectivity index (χ4v) is 3.59. The molecule has 0 aromatic rings. The monoisotopic (exact) mass is 304 g/mol. The Hall–Kier alpha value is -0.380. The van der Waals surface area contributed by atoms with Crippen LogP contribution in [-0.2, 0) is 10.2 Å². The first kappa shape index (κ1) is 16.7. The van der Waals surface area contributed by atoms with Crippen molar-refractivity contribution in [3.05, 3.63) is 0 Å². The van der Waals surface area contributed by atoms with Crippen LogP contribution in [0.15, 0.2) is 0 Å². The lowest BCUT2D eigenvalue weighted by Crippen LogP contribution is -2.50. The number of hydrogen-bond donors (Lipinski definition) is 1. The van der Waals surface area contributed by atoms with Crippen LogP contribution in [-0.4, -0.2) is 61.1 Å². The van der Waals surface area contributed by atoms with E-state index >= 15 is 0 Å². The SMILES string of the molecule is CC1CCN(S(=O)(=O)N(CCO)CC(F)(F)F)CC1. The first-order chi connectivity index (χ1) is 8.66. The maximum Gasteiger partial charge on any atom is 0.402 e. The van der Waals surface area contributed by atoms with Gasteiger partial charge in [-0.3, -0.25) is 0 Å². The molecule has 19 heavy (non-hydrogen) atoms. The molecule has 1 rings (SSSR count). The summed E-state index contributed by atoms with van der Waals surface area (Å²) in [5.41, 5.74) is 0. The molecule has 0 unspecified atom stereocenters. The topological polar surface area (TPSA) is 60.9 Å². The first-order valence-corrected chi connectivity index (χ1v) is 7.49. The number of nitrogens with zero attached hydrogens (tertiary/aromatic N) is 2. The van der Waals surface area contributed by atoms with Gasteiger partial charge in [0.15, 0.2) is 0 Å². The molecular formula is C10H19F3N2O3S. The van der Waals surface area contributed by atoms with Gasteiger partial charge in [0.2, 0.25) is 0 Å². The van der Waals surface area contributed by atoms with E-state index in [1.54, 1.807) is 0 Å². The standard InChI is InChI=1S/C10H19F3N2O3S/c1-9-2-4-14(5-3-9)19(17,18)15(6-7-16)8-10(11,12)13/h9,16H,2-8H2,1H3. The Kier molecular flexibility index (Phi) is 5.60. The third-order valence-corrected chi connectivity index (χ3v) is 5.08. The minimum atomic E-state index is -4.62. The molecule has 0 atom stereocenters. The van der Waals surface area contributed by atoms with Crippen LogP contribution in [0.1, 0.15) is 19.8 Å². The zero-order valence-corrected chi connectivity index (χ0v) is 11.5. The van der Waals surface area contributed by atoms with Gasteiger partial charge >= 0.3 is 6.18 Å². The number of halogens is 3. The minimum Gasteiger partial charge on any atom is -0.395 e. The van der Waals surface area contributed by atoms with Crippen LogP contribution < -0.4 is 0 Å². The van der Waals surface area contributed by atoms with Gasteiger partial charge in [0.05, 0.1) is 6.61 Å². The Labute approximate surface area is 111 Å². The summed E-state index contributed by atoms with van der Waals surface area (Å²) in [5, 5.41) is 8.75. The highest BCUT2D eigenvalue weighted by Crippen LogP contribution is 2.23. The molecule has 0 aromatic carbocycles. The summed E-state index contributed by atoms with van der Waals surface area (Å²) >= 11 is 0. The lowest BCUT2D eigenvalue weighted by molar-refractivity contribution is -0.137. The smallest absolute Gasteiger partial charge is 0.395 e. The molecule has 0 spiro atoms. The van der Waals surface area contributed by atoms with Crippen molar-refractivity contribution in [2.24, 2.45) is 5.92 Å². The van der Waals surface area contributed by atoms with Crippen molar-refractivity contribution in [3.8, 4) is 0 Å². The molecular weight excluding hydrogens is 285 g/mol. The molecule has 1 N–H and O–H groups in total. The van der Waals surface area contributed by atoms with Crippen molar-refractivity contribution in [2.45, 2.75) is 25.9 Å². The van der Waals surface area contributed by atoms with E-state index in [-0.39, 0.29) is 13.1 Å². The van der Waals surface area contributed by atoms with Gasteiger partial charge in [-0.1, -0.05) is 6.92 Å². The van der Waals surface area contributed by atoms with Crippen molar-refractivity contribution in [1.82, 2.24) is 8.61 Å². The fourth-order valence-electron chi connectivity index (χ4n) is 1.97. The predicted molar refractivity (Wildman–Crippen MR) is 63.6 cm³/mol. The second-order valence-electron chi connectivity index (χ2n) is 4.76. The zero-order chi connectivity index (χ0) is 14.7. The minimum absolute atomic E-state index is 0.225.